The van der Waals surface area contributed by atoms with E-state index in [1.54, 1.807) is 12.4 Å². The molecule has 1 unspecified atom stereocenters. The number of nitrogens with one attached hydrogen (secondary N) is 2. The molecule has 0 amide bonds. The fraction of sp³-hybridized carbons (Fsp3) is 0.0833. The first kappa shape index (κ1) is 18.5. The summed E-state index contributed by atoms with van der Waals surface area (Å²) in [5.74, 6) is 0.318. The van der Waals surface area contributed by atoms with Gasteiger partial charge in [0, 0.05) is 24.0 Å². The summed E-state index contributed by atoms with van der Waals surface area (Å²) in [6.07, 6.45) is 4.64. The second kappa shape index (κ2) is 8.44. The predicted octanol–water partition coefficient (Wildman–Crippen LogP) is 5.01. The van der Waals surface area contributed by atoms with Crippen LogP contribution in [0.3, 0.4) is 0 Å². The molecule has 5 nitrogen and oxygen atoms in total. The number of rotatable bonds is 7. The van der Waals surface area contributed by atoms with E-state index in [9.17, 15) is 0 Å². The second-order valence-electron chi connectivity index (χ2n) is 6.65. The molecule has 2 heterocycles. The summed E-state index contributed by atoms with van der Waals surface area (Å²) in [6, 6.07) is 23.1. The van der Waals surface area contributed by atoms with Gasteiger partial charge in [-0.05, 0) is 59.7 Å². The Balaban J connectivity index is 1.44. The summed E-state index contributed by atoms with van der Waals surface area (Å²) in [5, 5.41) is 17.3. The molecule has 1 atom stereocenters. The molecule has 4 aromatic rings. The lowest BCUT2D eigenvalue weighted by molar-refractivity contribution is 0.302. The maximum atomic E-state index is 8.49. The van der Waals surface area contributed by atoms with Crippen molar-refractivity contribution in [2.24, 2.45) is 0 Å². The summed E-state index contributed by atoms with van der Waals surface area (Å²) in [7, 11) is 0. The highest BCUT2D eigenvalue weighted by atomic mass is 16.5. The van der Waals surface area contributed by atoms with Gasteiger partial charge in [0.1, 0.15) is 12.4 Å². The Morgan fingerprint density at radius 1 is 0.931 bits per heavy atom. The Hall–Kier alpha value is -3.86. The molecule has 0 saturated heterocycles. The SMILES string of the molecule is N=CC(C(=N)c1ccc(OCc2ccc3ccccc3n2)cc1)c1ccncc1. The van der Waals surface area contributed by atoms with Gasteiger partial charge in [-0.2, -0.15) is 0 Å². The second-order valence-corrected chi connectivity index (χ2v) is 6.65. The van der Waals surface area contributed by atoms with Crippen LogP contribution >= 0.6 is 0 Å². The molecule has 0 bridgehead atoms. The molecule has 0 aliphatic carbocycles. The number of fused-ring (bicyclic) bond motifs is 1. The Morgan fingerprint density at radius 2 is 1.69 bits per heavy atom. The minimum absolute atomic E-state index is 0.369. The van der Waals surface area contributed by atoms with Gasteiger partial charge in [-0.25, -0.2) is 4.98 Å². The summed E-state index contributed by atoms with van der Waals surface area (Å²) in [5.41, 5.74) is 3.82. The molecule has 5 heteroatoms. The molecule has 0 radical (unpaired) electrons. The average Bonchev–Trinajstić information content (AvgIpc) is 2.79. The summed E-state index contributed by atoms with van der Waals surface area (Å²) in [6.45, 7) is 0.377. The highest BCUT2D eigenvalue weighted by Crippen LogP contribution is 2.21. The van der Waals surface area contributed by atoms with Crippen molar-refractivity contribution < 1.29 is 4.74 Å². The van der Waals surface area contributed by atoms with E-state index in [0.29, 0.717) is 18.1 Å². The lowest BCUT2D eigenvalue weighted by Gasteiger charge is -2.14. The van der Waals surface area contributed by atoms with E-state index < -0.39 is 5.92 Å². The van der Waals surface area contributed by atoms with Crippen LogP contribution in [0, 0.1) is 10.8 Å². The highest BCUT2D eigenvalue weighted by molar-refractivity contribution is 6.11. The van der Waals surface area contributed by atoms with Crippen LogP contribution in [0.5, 0.6) is 5.75 Å². The lowest BCUT2D eigenvalue weighted by Crippen LogP contribution is -2.14. The zero-order chi connectivity index (χ0) is 20.1. The zero-order valence-corrected chi connectivity index (χ0v) is 15.7. The van der Waals surface area contributed by atoms with E-state index in [4.69, 9.17) is 15.6 Å². The number of pyridine rings is 2. The Bertz CT molecular complexity index is 1140. The molecular weight excluding hydrogens is 360 g/mol. The summed E-state index contributed by atoms with van der Waals surface area (Å²) in [4.78, 5) is 8.62. The maximum absolute atomic E-state index is 8.49. The van der Waals surface area contributed by atoms with Crippen molar-refractivity contribution in [1.82, 2.24) is 9.97 Å². The van der Waals surface area contributed by atoms with Gasteiger partial charge in [-0.3, -0.25) is 4.98 Å². The number of hydrogen-bond acceptors (Lipinski definition) is 5. The fourth-order valence-corrected chi connectivity index (χ4v) is 3.17. The fourth-order valence-electron chi connectivity index (χ4n) is 3.17. The third-order valence-electron chi connectivity index (χ3n) is 4.75. The maximum Gasteiger partial charge on any atom is 0.130 e. The van der Waals surface area contributed by atoms with Crippen LogP contribution in [0.25, 0.3) is 10.9 Å². The zero-order valence-electron chi connectivity index (χ0n) is 15.7. The van der Waals surface area contributed by atoms with Crippen LogP contribution in [-0.4, -0.2) is 21.9 Å². The van der Waals surface area contributed by atoms with Gasteiger partial charge in [-0.1, -0.05) is 24.3 Å². The molecule has 0 aliphatic rings. The highest BCUT2D eigenvalue weighted by Gasteiger charge is 2.16. The normalized spacial score (nSPS) is 11.7. The van der Waals surface area contributed by atoms with Crippen molar-refractivity contribution in [3.05, 3.63) is 102 Å². The van der Waals surface area contributed by atoms with E-state index in [-0.39, 0.29) is 0 Å². The van der Waals surface area contributed by atoms with Gasteiger partial charge < -0.3 is 15.6 Å². The molecule has 29 heavy (non-hydrogen) atoms. The summed E-state index contributed by atoms with van der Waals surface area (Å²) < 4.78 is 5.86. The van der Waals surface area contributed by atoms with Crippen molar-refractivity contribution in [1.29, 1.82) is 10.8 Å². The number of hydrogen-bond donors (Lipinski definition) is 2. The minimum atomic E-state index is -0.397. The van der Waals surface area contributed by atoms with Crippen LogP contribution in [0.4, 0.5) is 0 Å². The number of para-hydroxylation sites is 1. The molecule has 0 aliphatic heterocycles. The van der Waals surface area contributed by atoms with Gasteiger partial charge in [0.25, 0.3) is 0 Å². The molecule has 0 saturated carbocycles. The van der Waals surface area contributed by atoms with Crippen LogP contribution < -0.4 is 4.74 Å². The lowest BCUT2D eigenvalue weighted by atomic mass is 9.91. The van der Waals surface area contributed by atoms with Crippen LogP contribution in [-0.2, 0) is 6.61 Å². The van der Waals surface area contributed by atoms with Gasteiger partial charge >= 0.3 is 0 Å². The average molecular weight is 380 g/mol. The monoisotopic (exact) mass is 380 g/mol. The molecular formula is C24H20N4O. The molecule has 0 fully saturated rings. The number of benzene rings is 2. The Kier molecular flexibility index (Phi) is 5.38. The van der Waals surface area contributed by atoms with E-state index >= 15 is 0 Å². The van der Waals surface area contributed by atoms with Gasteiger partial charge in [0.2, 0.25) is 0 Å². The van der Waals surface area contributed by atoms with Crippen molar-refractivity contribution in [2.45, 2.75) is 12.5 Å². The quantitative estimate of drug-likeness (QED) is 0.442. The van der Waals surface area contributed by atoms with Crippen molar-refractivity contribution >= 4 is 22.8 Å². The third kappa shape index (κ3) is 4.19. The summed E-state index contributed by atoms with van der Waals surface area (Å²) >= 11 is 0. The molecule has 142 valence electrons. The van der Waals surface area contributed by atoms with Crippen molar-refractivity contribution in [3.8, 4) is 5.75 Å². The minimum Gasteiger partial charge on any atom is -0.487 e. The first-order valence-electron chi connectivity index (χ1n) is 9.31. The van der Waals surface area contributed by atoms with Gasteiger partial charge in [0.05, 0.1) is 22.8 Å². The van der Waals surface area contributed by atoms with E-state index in [1.165, 1.54) is 6.21 Å². The Labute approximate surface area is 169 Å². The number of aromatic nitrogens is 2. The van der Waals surface area contributed by atoms with Crippen LogP contribution in [0.1, 0.15) is 22.7 Å². The number of ether oxygens (including phenoxy) is 1. The molecule has 2 aromatic carbocycles. The standard InChI is InChI=1S/C24H20N4O/c25-15-22(17-11-13-27-14-12-17)24(26)19-6-9-21(10-7-19)29-16-20-8-5-18-3-1-2-4-23(18)28-20/h1-15,22,25-26H,16H2. The molecule has 2 N–H and O–H groups in total. The molecule has 2 aromatic heterocycles. The Morgan fingerprint density at radius 3 is 2.45 bits per heavy atom. The van der Waals surface area contributed by atoms with Crippen molar-refractivity contribution in [2.75, 3.05) is 0 Å². The van der Waals surface area contributed by atoms with E-state index in [1.807, 2.05) is 72.8 Å². The largest absolute Gasteiger partial charge is 0.487 e. The third-order valence-corrected chi connectivity index (χ3v) is 4.75. The van der Waals surface area contributed by atoms with E-state index in [0.717, 1.165) is 27.7 Å². The van der Waals surface area contributed by atoms with E-state index in [2.05, 4.69) is 9.97 Å². The molecule has 0 spiro atoms. The van der Waals surface area contributed by atoms with Crippen LogP contribution in [0.15, 0.2) is 85.2 Å². The van der Waals surface area contributed by atoms with Crippen molar-refractivity contribution in [3.63, 3.8) is 0 Å². The van der Waals surface area contributed by atoms with Gasteiger partial charge in [-0.15, -0.1) is 0 Å². The first-order chi connectivity index (χ1) is 14.2. The number of nitrogens with zero attached hydrogens (tertiary/aromatic N) is 2. The van der Waals surface area contributed by atoms with Gasteiger partial charge in [0.15, 0.2) is 0 Å². The first-order valence-corrected chi connectivity index (χ1v) is 9.31. The van der Waals surface area contributed by atoms with Crippen LogP contribution in [0.2, 0.25) is 0 Å². The smallest absolute Gasteiger partial charge is 0.130 e. The topological polar surface area (TPSA) is 82.7 Å². The predicted molar refractivity (Wildman–Crippen MR) is 115 cm³/mol. The molecule has 4 rings (SSSR count).